The fraction of sp³-hybridized carbons (Fsp3) is 0.933. The summed E-state index contributed by atoms with van der Waals surface area (Å²) in [7, 11) is 1.92. The first-order valence-corrected chi connectivity index (χ1v) is 7.36. The van der Waals surface area contributed by atoms with Gasteiger partial charge in [-0.1, -0.05) is 34.1 Å². The van der Waals surface area contributed by atoms with Gasteiger partial charge in [0.05, 0.1) is 0 Å². The van der Waals surface area contributed by atoms with Crippen LogP contribution in [0, 0.1) is 17.8 Å². The molecule has 0 fully saturated rings. The molecule has 3 nitrogen and oxygen atoms in total. The third kappa shape index (κ3) is 7.00. The summed E-state index contributed by atoms with van der Waals surface area (Å²) >= 11 is 0. The van der Waals surface area contributed by atoms with Crippen LogP contribution in [0.25, 0.3) is 0 Å². The Balaban J connectivity index is 4.06. The Morgan fingerprint density at radius 3 is 2.28 bits per heavy atom. The minimum absolute atomic E-state index is 0.276. The Kier molecular flexibility index (Phi) is 9.08. The van der Waals surface area contributed by atoms with E-state index in [9.17, 15) is 4.79 Å². The van der Waals surface area contributed by atoms with Gasteiger partial charge in [0.2, 0.25) is 5.91 Å². The van der Waals surface area contributed by atoms with Crippen LogP contribution in [0.1, 0.15) is 53.4 Å². The molecule has 0 bridgehead atoms. The first kappa shape index (κ1) is 17.4. The second-order valence-corrected chi connectivity index (χ2v) is 5.91. The maximum absolute atomic E-state index is 12.0. The van der Waals surface area contributed by atoms with Crippen molar-refractivity contribution in [3.63, 3.8) is 0 Å². The number of nitrogens with two attached hydrogens (primary N) is 1. The molecule has 0 rings (SSSR count). The SMILES string of the molecule is CCC(C)CN(C)C(=O)CCC(CCN)C(C)C. The average molecular weight is 256 g/mol. The Hall–Kier alpha value is -0.570. The Bertz CT molecular complexity index is 229. The summed E-state index contributed by atoms with van der Waals surface area (Å²) in [5.74, 6) is 2.05. The fourth-order valence-electron chi connectivity index (χ4n) is 2.22. The molecular weight excluding hydrogens is 224 g/mol. The predicted molar refractivity (Wildman–Crippen MR) is 78.3 cm³/mol. The third-order valence-electron chi connectivity index (χ3n) is 3.92. The Morgan fingerprint density at radius 1 is 1.22 bits per heavy atom. The average Bonchev–Trinajstić information content (AvgIpc) is 2.33. The van der Waals surface area contributed by atoms with Gasteiger partial charge in [0, 0.05) is 20.0 Å². The Labute approximate surface area is 113 Å². The molecule has 1 amide bonds. The molecule has 0 spiro atoms. The van der Waals surface area contributed by atoms with Gasteiger partial charge in [-0.2, -0.15) is 0 Å². The second-order valence-electron chi connectivity index (χ2n) is 5.91. The monoisotopic (exact) mass is 256 g/mol. The van der Waals surface area contributed by atoms with E-state index in [1.807, 2.05) is 11.9 Å². The predicted octanol–water partition coefficient (Wildman–Crippen LogP) is 2.89. The van der Waals surface area contributed by atoms with Gasteiger partial charge in [0.25, 0.3) is 0 Å². The van der Waals surface area contributed by atoms with Crippen molar-refractivity contribution in [1.29, 1.82) is 0 Å². The van der Waals surface area contributed by atoms with Crippen LogP contribution in [0.4, 0.5) is 0 Å². The lowest BCUT2D eigenvalue weighted by Crippen LogP contribution is -2.31. The summed E-state index contributed by atoms with van der Waals surface area (Å²) in [5, 5.41) is 0. The normalized spacial score (nSPS) is 14.6. The first-order chi connectivity index (χ1) is 8.42. The molecule has 0 aromatic heterocycles. The summed E-state index contributed by atoms with van der Waals surface area (Å²) in [5.41, 5.74) is 5.62. The van der Waals surface area contributed by atoms with Crippen LogP contribution in [0.3, 0.4) is 0 Å². The largest absolute Gasteiger partial charge is 0.345 e. The molecule has 0 aromatic rings. The molecule has 2 N–H and O–H groups in total. The molecule has 0 saturated carbocycles. The number of hydrogen-bond donors (Lipinski definition) is 1. The minimum Gasteiger partial charge on any atom is -0.345 e. The van der Waals surface area contributed by atoms with Gasteiger partial charge >= 0.3 is 0 Å². The van der Waals surface area contributed by atoms with E-state index in [0.717, 1.165) is 32.4 Å². The van der Waals surface area contributed by atoms with Crippen molar-refractivity contribution in [2.45, 2.75) is 53.4 Å². The molecule has 0 aromatic carbocycles. The molecule has 0 aliphatic heterocycles. The summed E-state index contributed by atoms with van der Waals surface area (Å²) < 4.78 is 0. The molecule has 2 atom stereocenters. The molecule has 3 heteroatoms. The number of carbonyl (C=O) groups is 1. The lowest BCUT2D eigenvalue weighted by molar-refractivity contribution is -0.130. The highest BCUT2D eigenvalue weighted by Crippen LogP contribution is 2.20. The van der Waals surface area contributed by atoms with Crippen LogP contribution in [-0.2, 0) is 4.79 Å². The van der Waals surface area contributed by atoms with Gasteiger partial charge < -0.3 is 10.6 Å². The van der Waals surface area contributed by atoms with Gasteiger partial charge in [-0.25, -0.2) is 0 Å². The molecule has 0 radical (unpaired) electrons. The molecule has 0 heterocycles. The number of amides is 1. The van der Waals surface area contributed by atoms with Gasteiger partial charge in [-0.05, 0) is 37.1 Å². The molecule has 0 aliphatic carbocycles. The molecule has 18 heavy (non-hydrogen) atoms. The number of nitrogens with zero attached hydrogens (tertiary/aromatic N) is 1. The zero-order valence-corrected chi connectivity index (χ0v) is 12.9. The smallest absolute Gasteiger partial charge is 0.222 e. The van der Waals surface area contributed by atoms with E-state index in [1.165, 1.54) is 0 Å². The standard InChI is InChI=1S/C15H32N2O/c1-6-13(4)11-17(5)15(18)8-7-14(9-10-16)12(2)3/h12-14H,6-11,16H2,1-5H3. The van der Waals surface area contributed by atoms with Crippen LogP contribution in [0.5, 0.6) is 0 Å². The van der Waals surface area contributed by atoms with Crippen molar-refractivity contribution in [2.75, 3.05) is 20.1 Å². The van der Waals surface area contributed by atoms with E-state index in [2.05, 4.69) is 27.7 Å². The van der Waals surface area contributed by atoms with Gasteiger partial charge in [-0.3, -0.25) is 4.79 Å². The minimum atomic E-state index is 0.276. The molecule has 108 valence electrons. The van der Waals surface area contributed by atoms with Gasteiger partial charge in [0.15, 0.2) is 0 Å². The van der Waals surface area contributed by atoms with E-state index in [0.29, 0.717) is 24.2 Å². The van der Waals surface area contributed by atoms with Crippen molar-refractivity contribution in [3.8, 4) is 0 Å². The third-order valence-corrected chi connectivity index (χ3v) is 3.92. The first-order valence-electron chi connectivity index (χ1n) is 7.36. The highest BCUT2D eigenvalue weighted by atomic mass is 16.2. The van der Waals surface area contributed by atoms with E-state index < -0.39 is 0 Å². The van der Waals surface area contributed by atoms with Crippen molar-refractivity contribution in [3.05, 3.63) is 0 Å². The second kappa shape index (κ2) is 9.37. The van der Waals surface area contributed by atoms with Crippen LogP contribution in [0.2, 0.25) is 0 Å². The van der Waals surface area contributed by atoms with Crippen LogP contribution in [0.15, 0.2) is 0 Å². The van der Waals surface area contributed by atoms with Crippen LogP contribution < -0.4 is 5.73 Å². The van der Waals surface area contributed by atoms with E-state index in [-0.39, 0.29) is 5.91 Å². The van der Waals surface area contributed by atoms with Crippen molar-refractivity contribution in [1.82, 2.24) is 4.90 Å². The van der Waals surface area contributed by atoms with E-state index in [1.54, 1.807) is 0 Å². The topological polar surface area (TPSA) is 46.3 Å². The maximum Gasteiger partial charge on any atom is 0.222 e. The van der Waals surface area contributed by atoms with Crippen LogP contribution >= 0.6 is 0 Å². The fourth-order valence-corrected chi connectivity index (χ4v) is 2.22. The summed E-state index contributed by atoms with van der Waals surface area (Å²) in [6.45, 7) is 10.4. The molecule has 2 unspecified atom stereocenters. The lowest BCUT2D eigenvalue weighted by atomic mass is 9.88. The quantitative estimate of drug-likeness (QED) is 0.689. The highest BCUT2D eigenvalue weighted by Gasteiger charge is 2.17. The lowest BCUT2D eigenvalue weighted by Gasteiger charge is -2.24. The van der Waals surface area contributed by atoms with Crippen molar-refractivity contribution >= 4 is 5.91 Å². The van der Waals surface area contributed by atoms with E-state index >= 15 is 0 Å². The number of rotatable bonds is 9. The summed E-state index contributed by atoms with van der Waals surface area (Å²) in [4.78, 5) is 13.9. The molecule has 0 saturated heterocycles. The zero-order chi connectivity index (χ0) is 14.1. The summed E-state index contributed by atoms with van der Waals surface area (Å²) in [6, 6.07) is 0. The Morgan fingerprint density at radius 2 is 1.83 bits per heavy atom. The van der Waals surface area contributed by atoms with Crippen LogP contribution in [-0.4, -0.2) is 30.9 Å². The van der Waals surface area contributed by atoms with Gasteiger partial charge in [0.1, 0.15) is 0 Å². The number of carbonyl (C=O) groups excluding carboxylic acids is 1. The van der Waals surface area contributed by atoms with Gasteiger partial charge in [-0.15, -0.1) is 0 Å². The van der Waals surface area contributed by atoms with E-state index in [4.69, 9.17) is 5.73 Å². The zero-order valence-electron chi connectivity index (χ0n) is 12.9. The maximum atomic E-state index is 12.0. The summed E-state index contributed by atoms with van der Waals surface area (Å²) in [6.07, 6.45) is 3.79. The van der Waals surface area contributed by atoms with Crippen molar-refractivity contribution in [2.24, 2.45) is 23.5 Å². The van der Waals surface area contributed by atoms with Crippen molar-refractivity contribution < 1.29 is 4.79 Å². The molecular formula is C15H32N2O. The molecule has 0 aliphatic rings. The number of hydrogen-bond acceptors (Lipinski definition) is 2. The highest BCUT2D eigenvalue weighted by molar-refractivity contribution is 5.75.